The number of primary sulfonamides is 1. The molecule has 0 unspecified atom stereocenters. The third kappa shape index (κ3) is 5.06. The molecule has 0 spiro atoms. The molecule has 0 aliphatic heterocycles. The lowest BCUT2D eigenvalue weighted by Gasteiger charge is -2.12. The zero-order valence-corrected chi connectivity index (χ0v) is 19.5. The van der Waals surface area contributed by atoms with Gasteiger partial charge in [0.2, 0.25) is 10.0 Å². The van der Waals surface area contributed by atoms with E-state index in [-0.39, 0.29) is 10.5 Å². The number of nitrogens with two attached hydrogens (primary N) is 1. The highest BCUT2D eigenvalue weighted by atomic mass is 32.2. The van der Waals surface area contributed by atoms with E-state index in [1.807, 2.05) is 36.4 Å². The van der Waals surface area contributed by atoms with Gasteiger partial charge in [0.15, 0.2) is 0 Å². The maximum Gasteiger partial charge on any atom is 0.238 e. The molecule has 3 aromatic carbocycles. The first-order valence-corrected chi connectivity index (χ1v) is 12.3. The summed E-state index contributed by atoms with van der Waals surface area (Å²) in [7, 11) is -3.95. The van der Waals surface area contributed by atoms with Crippen molar-refractivity contribution in [3.63, 3.8) is 0 Å². The van der Waals surface area contributed by atoms with Crippen LogP contribution in [-0.2, 0) is 23.1 Å². The maximum atomic E-state index is 11.9. The molecular weight excluding hydrogens is 434 g/mol. The Kier molecular flexibility index (Phi) is 6.47. The van der Waals surface area contributed by atoms with Gasteiger partial charge in [-0.2, -0.15) is 5.10 Å². The molecule has 0 saturated heterocycles. The largest absolute Gasteiger partial charge is 0.392 e. The van der Waals surface area contributed by atoms with Crippen LogP contribution >= 0.6 is 0 Å². The van der Waals surface area contributed by atoms with Crippen molar-refractivity contribution in [3.05, 3.63) is 90.0 Å². The molecule has 1 aromatic heterocycles. The highest BCUT2D eigenvalue weighted by Crippen LogP contribution is 2.30. The van der Waals surface area contributed by atoms with Crippen LogP contribution in [-0.4, -0.2) is 23.3 Å². The van der Waals surface area contributed by atoms with Crippen LogP contribution in [0.1, 0.15) is 25.0 Å². The number of rotatable bonds is 7. The Hall–Kier alpha value is -3.26. The van der Waals surface area contributed by atoms with Crippen molar-refractivity contribution in [1.29, 1.82) is 0 Å². The Morgan fingerprint density at radius 2 is 1.64 bits per heavy atom. The van der Waals surface area contributed by atoms with Crippen LogP contribution in [0.5, 0.6) is 0 Å². The van der Waals surface area contributed by atoms with Gasteiger partial charge in [0.1, 0.15) is 0 Å². The Morgan fingerprint density at radius 1 is 0.939 bits per heavy atom. The molecule has 4 rings (SSSR count). The first-order valence-electron chi connectivity index (χ1n) is 10.8. The van der Waals surface area contributed by atoms with Crippen LogP contribution in [0.3, 0.4) is 0 Å². The number of sulfonamides is 1. The summed E-state index contributed by atoms with van der Waals surface area (Å²) < 4.78 is 25.6. The molecule has 3 N–H and O–H groups in total. The SMILES string of the molecule is CC(C)Cc1ccc(-c2cc(-c3ccccc3)nn2-c2ccc(S(N)(=O)=O)c(CO)c2)cc1. The van der Waals surface area contributed by atoms with Crippen LogP contribution in [0.4, 0.5) is 0 Å². The number of hydrogen-bond acceptors (Lipinski definition) is 4. The van der Waals surface area contributed by atoms with Crippen molar-refractivity contribution in [3.8, 4) is 28.2 Å². The number of benzene rings is 3. The molecule has 0 aliphatic carbocycles. The second-order valence-electron chi connectivity index (χ2n) is 8.48. The maximum absolute atomic E-state index is 11.9. The minimum absolute atomic E-state index is 0.0937. The Labute approximate surface area is 194 Å². The summed E-state index contributed by atoms with van der Waals surface area (Å²) in [4.78, 5) is -0.0937. The molecule has 0 amide bonds. The fourth-order valence-corrected chi connectivity index (χ4v) is 4.66. The molecule has 0 bridgehead atoms. The number of aliphatic hydroxyl groups excluding tert-OH is 1. The van der Waals surface area contributed by atoms with Gasteiger partial charge >= 0.3 is 0 Å². The monoisotopic (exact) mass is 461 g/mol. The average Bonchev–Trinajstić information content (AvgIpc) is 3.24. The quantitative estimate of drug-likeness (QED) is 0.422. The lowest BCUT2D eigenvalue weighted by Crippen LogP contribution is -2.15. The zero-order chi connectivity index (χ0) is 23.6. The summed E-state index contributed by atoms with van der Waals surface area (Å²) in [6.07, 6.45) is 1.00. The molecule has 33 heavy (non-hydrogen) atoms. The van der Waals surface area contributed by atoms with Crippen molar-refractivity contribution < 1.29 is 13.5 Å². The Morgan fingerprint density at radius 3 is 2.24 bits per heavy atom. The van der Waals surface area contributed by atoms with E-state index in [0.717, 1.165) is 28.9 Å². The van der Waals surface area contributed by atoms with Gasteiger partial charge < -0.3 is 5.11 Å². The predicted molar refractivity (Wildman–Crippen MR) is 130 cm³/mol. The van der Waals surface area contributed by atoms with E-state index < -0.39 is 16.6 Å². The summed E-state index contributed by atoms with van der Waals surface area (Å²) in [5, 5.41) is 19.9. The normalized spacial score (nSPS) is 11.8. The highest BCUT2D eigenvalue weighted by molar-refractivity contribution is 7.89. The Bertz CT molecular complexity index is 1360. The molecule has 170 valence electrons. The minimum Gasteiger partial charge on any atom is -0.392 e. The second kappa shape index (κ2) is 9.31. The van der Waals surface area contributed by atoms with E-state index in [0.29, 0.717) is 11.6 Å². The molecule has 0 atom stereocenters. The first kappa shape index (κ1) is 22.9. The van der Waals surface area contributed by atoms with E-state index in [1.54, 1.807) is 16.8 Å². The van der Waals surface area contributed by atoms with E-state index in [1.165, 1.54) is 11.6 Å². The molecule has 0 saturated carbocycles. The van der Waals surface area contributed by atoms with Crippen LogP contribution in [0.25, 0.3) is 28.2 Å². The van der Waals surface area contributed by atoms with E-state index in [4.69, 9.17) is 10.2 Å². The lowest BCUT2D eigenvalue weighted by molar-refractivity contribution is 0.278. The number of aliphatic hydroxyl groups is 1. The summed E-state index contributed by atoms with van der Waals surface area (Å²) >= 11 is 0. The fraction of sp³-hybridized carbons (Fsp3) is 0.192. The van der Waals surface area contributed by atoms with Gasteiger partial charge in [-0.05, 0) is 47.7 Å². The molecule has 4 aromatic rings. The predicted octanol–water partition coefficient (Wildman–Crippen LogP) is 4.54. The van der Waals surface area contributed by atoms with Crippen LogP contribution < -0.4 is 5.14 Å². The Balaban J connectivity index is 1.86. The van der Waals surface area contributed by atoms with Gasteiger partial charge in [-0.3, -0.25) is 0 Å². The van der Waals surface area contributed by atoms with Gasteiger partial charge in [-0.1, -0.05) is 68.4 Å². The molecule has 0 aliphatic rings. The van der Waals surface area contributed by atoms with Crippen molar-refractivity contribution in [1.82, 2.24) is 9.78 Å². The van der Waals surface area contributed by atoms with Crippen LogP contribution in [0.2, 0.25) is 0 Å². The standard InChI is InChI=1S/C26H27N3O3S/c1-18(2)14-19-8-10-21(11-9-19)25-16-24(20-6-4-3-5-7-20)28-29(25)23-12-13-26(33(27,31)32)22(15-23)17-30/h3-13,15-16,18,30H,14,17H2,1-2H3,(H2,27,31,32). The molecule has 1 heterocycles. The molecule has 6 nitrogen and oxygen atoms in total. The summed E-state index contributed by atoms with van der Waals surface area (Å²) in [6.45, 7) is 3.93. The van der Waals surface area contributed by atoms with E-state index in [2.05, 4.69) is 38.1 Å². The van der Waals surface area contributed by atoms with E-state index in [9.17, 15) is 13.5 Å². The molecular formula is C26H27N3O3S. The van der Waals surface area contributed by atoms with Crippen molar-refractivity contribution in [2.45, 2.75) is 31.8 Å². The second-order valence-corrected chi connectivity index (χ2v) is 10.0. The van der Waals surface area contributed by atoms with Gasteiger partial charge in [0.25, 0.3) is 0 Å². The molecule has 0 radical (unpaired) electrons. The van der Waals surface area contributed by atoms with Crippen LogP contribution in [0.15, 0.2) is 83.8 Å². The average molecular weight is 462 g/mol. The number of aromatic nitrogens is 2. The minimum atomic E-state index is -3.95. The topological polar surface area (TPSA) is 98.2 Å². The smallest absolute Gasteiger partial charge is 0.238 e. The fourth-order valence-electron chi connectivity index (χ4n) is 3.92. The van der Waals surface area contributed by atoms with E-state index >= 15 is 0 Å². The van der Waals surface area contributed by atoms with Gasteiger partial charge in [-0.15, -0.1) is 0 Å². The van der Waals surface area contributed by atoms with Crippen molar-refractivity contribution in [2.75, 3.05) is 0 Å². The van der Waals surface area contributed by atoms with Crippen LogP contribution in [0, 0.1) is 5.92 Å². The van der Waals surface area contributed by atoms with Crippen molar-refractivity contribution >= 4 is 10.0 Å². The highest BCUT2D eigenvalue weighted by Gasteiger charge is 2.18. The summed E-state index contributed by atoms with van der Waals surface area (Å²) in [5.74, 6) is 0.570. The molecule has 0 fully saturated rings. The van der Waals surface area contributed by atoms with Gasteiger partial charge in [0, 0.05) is 11.1 Å². The number of hydrogen-bond donors (Lipinski definition) is 2. The summed E-state index contributed by atoms with van der Waals surface area (Å²) in [6, 6.07) is 24.9. The van der Waals surface area contributed by atoms with Gasteiger partial charge in [0.05, 0.1) is 28.6 Å². The first-order chi connectivity index (χ1) is 15.8. The van der Waals surface area contributed by atoms with Crippen molar-refractivity contribution in [2.24, 2.45) is 11.1 Å². The molecule has 7 heteroatoms. The third-order valence-corrected chi connectivity index (χ3v) is 6.45. The van der Waals surface area contributed by atoms with Gasteiger partial charge in [-0.25, -0.2) is 18.2 Å². The summed E-state index contributed by atoms with van der Waals surface area (Å²) in [5.41, 5.74) is 5.73. The zero-order valence-electron chi connectivity index (χ0n) is 18.6. The number of nitrogens with zero attached hydrogens (tertiary/aromatic N) is 2. The third-order valence-electron chi connectivity index (χ3n) is 5.44. The lowest BCUT2D eigenvalue weighted by atomic mass is 10.0.